The highest BCUT2D eigenvalue weighted by Gasteiger charge is 2.20. The molecule has 0 fully saturated rings. The lowest BCUT2D eigenvalue weighted by molar-refractivity contribution is 0.0734. The molecule has 7 heteroatoms. The number of hydrogen-bond acceptors (Lipinski definition) is 4. The van der Waals surface area contributed by atoms with Crippen molar-refractivity contribution >= 4 is 40.6 Å². The van der Waals surface area contributed by atoms with Crippen LogP contribution < -0.4 is 10.2 Å². The van der Waals surface area contributed by atoms with E-state index in [4.69, 9.17) is 16.3 Å². The van der Waals surface area contributed by atoms with Crippen LogP contribution in [0.1, 0.15) is 32.0 Å². The van der Waals surface area contributed by atoms with Crippen molar-refractivity contribution in [2.45, 2.75) is 6.92 Å². The van der Waals surface area contributed by atoms with Gasteiger partial charge in [0, 0.05) is 32.6 Å². The number of fused-ring (bicyclic) bond motifs is 1. The summed E-state index contributed by atoms with van der Waals surface area (Å²) in [5, 5.41) is 5.54. The first-order chi connectivity index (χ1) is 18.0. The van der Waals surface area contributed by atoms with Crippen LogP contribution in [0, 0.1) is 6.92 Å². The van der Waals surface area contributed by atoms with Crippen molar-refractivity contribution in [2.75, 3.05) is 0 Å². The summed E-state index contributed by atoms with van der Waals surface area (Å²) in [6, 6.07) is 29.1. The lowest BCUT2D eigenvalue weighted by Gasteiger charge is -2.08. The number of hydrogen-bond donors (Lipinski definition) is 2. The Morgan fingerprint density at radius 3 is 2.41 bits per heavy atom. The predicted octanol–water partition coefficient (Wildman–Crippen LogP) is 6.78. The van der Waals surface area contributed by atoms with Crippen molar-refractivity contribution in [2.24, 2.45) is 5.10 Å². The van der Waals surface area contributed by atoms with E-state index < -0.39 is 11.9 Å². The highest BCUT2D eigenvalue weighted by molar-refractivity contribution is 6.34. The fraction of sp³-hybridized carbons (Fsp3) is 0.0333. The average Bonchev–Trinajstić information content (AvgIpc) is 3.30. The van der Waals surface area contributed by atoms with Crippen LogP contribution in [-0.4, -0.2) is 23.1 Å². The van der Waals surface area contributed by atoms with Gasteiger partial charge in [-0.3, -0.25) is 4.79 Å². The number of nitrogens with zero attached hydrogens (tertiary/aromatic N) is 1. The second-order valence-corrected chi connectivity index (χ2v) is 8.80. The largest absolute Gasteiger partial charge is 0.422 e. The van der Waals surface area contributed by atoms with Gasteiger partial charge in [-0.1, -0.05) is 77.8 Å². The van der Waals surface area contributed by atoms with Crippen LogP contribution in [0.4, 0.5) is 0 Å². The van der Waals surface area contributed by atoms with E-state index >= 15 is 0 Å². The first-order valence-corrected chi connectivity index (χ1v) is 12.0. The van der Waals surface area contributed by atoms with Crippen molar-refractivity contribution in [1.29, 1.82) is 0 Å². The van der Waals surface area contributed by atoms with Gasteiger partial charge >= 0.3 is 5.97 Å². The van der Waals surface area contributed by atoms with Crippen molar-refractivity contribution in [1.82, 2.24) is 10.4 Å². The maximum Gasteiger partial charge on any atom is 0.343 e. The van der Waals surface area contributed by atoms with Crippen LogP contribution in [0.15, 0.2) is 102 Å². The summed E-state index contributed by atoms with van der Waals surface area (Å²) in [5.74, 6) is -0.586. The smallest absolute Gasteiger partial charge is 0.343 e. The third-order valence-corrected chi connectivity index (χ3v) is 6.18. The van der Waals surface area contributed by atoms with Crippen molar-refractivity contribution in [3.63, 3.8) is 0 Å². The summed E-state index contributed by atoms with van der Waals surface area (Å²) >= 11 is 6.47. The van der Waals surface area contributed by atoms with Gasteiger partial charge in [-0.2, -0.15) is 5.10 Å². The standard InChI is InChI=1S/C30H22ClN3O3/c1-19-14-16-20(17-15-19)30(36)37-26-13-7-2-8-21(26)18-32-34-29(35)28-27(22-9-3-5-11-24(22)31)23-10-4-6-12-25(23)33-28/h2-18,33H,1H3,(H,34,35). The molecule has 1 heterocycles. The molecule has 0 saturated carbocycles. The van der Waals surface area contributed by atoms with E-state index in [0.29, 0.717) is 33.2 Å². The lowest BCUT2D eigenvalue weighted by atomic mass is 10.0. The minimum Gasteiger partial charge on any atom is -0.422 e. The predicted molar refractivity (Wildman–Crippen MR) is 146 cm³/mol. The molecule has 0 spiro atoms. The lowest BCUT2D eigenvalue weighted by Crippen LogP contribution is -2.19. The van der Waals surface area contributed by atoms with Crippen LogP contribution in [-0.2, 0) is 0 Å². The summed E-state index contributed by atoms with van der Waals surface area (Å²) in [6.45, 7) is 1.95. The molecule has 1 aromatic heterocycles. The van der Waals surface area contributed by atoms with Crippen LogP contribution in [0.5, 0.6) is 5.75 Å². The topological polar surface area (TPSA) is 83.5 Å². The molecule has 4 aromatic carbocycles. The Morgan fingerprint density at radius 1 is 0.892 bits per heavy atom. The number of H-pyrrole nitrogens is 1. The Kier molecular flexibility index (Phi) is 6.83. The van der Waals surface area contributed by atoms with Crippen LogP contribution >= 0.6 is 11.6 Å². The molecular formula is C30H22ClN3O3. The zero-order valence-electron chi connectivity index (χ0n) is 19.9. The number of carbonyl (C=O) groups excluding carboxylic acids is 2. The number of esters is 1. The molecule has 0 radical (unpaired) electrons. The van der Waals surface area contributed by atoms with Gasteiger partial charge in [-0.15, -0.1) is 0 Å². The number of aromatic amines is 1. The quantitative estimate of drug-likeness (QED) is 0.115. The third-order valence-electron chi connectivity index (χ3n) is 5.85. The van der Waals surface area contributed by atoms with Gasteiger partial charge in [0.15, 0.2) is 0 Å². The number of ether oxygens (including phenoxy) is 1. The Labute approximate surface area is 218 Å². The average molecular weight is 508 g/mol. The second-order valence-electron chi connectivity index (χ2n) is 8.39. The molecule has 5 rings (SSSR count). The fourth-order valence-corrected chi connectivity index (χ4v) is 4.23. The molecule has 0 unspecified atom stereocenters. The molecule has 0 aliphatic carbocycles. The Hall–Kier alpha value is -4.68. The van der Waals surface area contributed by atoms with E-state index in [1.165, 1.54) is 6.21 Å². The maximum atomic E-state index is 13.2. The maximum absolute atomic E-state index is 13.2. The molecule has 0 bridgehead atoms. The highest BCUT2D eigenvalue weighted by atomic mass is 35.5. The Bertz CT molecular complexity index is 1640. The number of carbonyl (C=O) groups is 2. The minimum absolute atomic E-state index is 0.327. The first kappa shape index (κ1) is 24.0. The van der Waals surface area contributed by atoms with Gasteiger partial charge in [-0.05, 0) is 43.3 Å². The minimum atomic E-state index is -0.479. The van der Waals surface area contributed by atoms with Crippen LogP contribution in [0.25, 0.3) is 22.0 Å². The van der Waals surface area contributed by atoms with Gasteiger partial charge in [0.1, 0.15) is 11.4 Å². The molecule has 1 amide bonds. The number of aryl methyl sites for hydroxylation is 1. The third kappa shape index (κ3) is 5.15. The molecule has 6 nitrogen and oxygen atoms in total. The molecule has 0 aliphatic rings. The number of benzene rings is 4. The molecule has 182 valence electrons. The number of amides is 1. The first-order valence-electron chi connectivity index (χ1n) is 11.6. The summed E-state index contributed by atoms with van der Waals surface area (Å²) in [6.07, 6.45) is 1.44. The molecule has 5 aromatic rings. The van der Waals surface area contributed by atoms with Gasteiger partial charge < -0.3 is 9.72 Å². The highest BCUT2D eigenvalue weighted by Crippen LogP contribution is 2.36. The van der Waals surface area contributed by atoms with Gasteiger partial charge in [0.25, 0.3) is 5.91 Å². The van der Waals surface area contributed by atoms with Crippen LogP contribution in [0.3, 0.4) is 0 Å². The van der Waals surface area contributed by atoms with E-state index in [0.717, 1.165) is 22.0 Å². The number of hydrazone groups is 1. The molecule has 0 atom stereocenters. The number of rotatable bonds is 6. The van der Waals surface area contributed by atoms with E-state index in [9.17, 15) is 9.59 Å². The molecule has 37 heavy (non-hydrogen) atoms. The normalized spacial score (nSPS) is 11.1. The summed E-state index contributed by atoms with van der Waals surface area (Å²) in [5.41, 5.74) is 7.18. The molecule has 0 saturated heterocycles. The van der Waals surface area contributed by atoms with Gasteiger partial charge in [-0.25, -0.2) is 10.2 Å². The SMILES string of the molecule is Cc1ccc(C(=O)Oc2ccccc2C=NNC(=O)c2[nH]c3ccccc3c2-c2ccccc2Cl)cc1. The number of aromatic nitrogens is 1. The Morgan fingerprint density at radius 2 is 1.59 bits per heavy atom. The molecule has 2 N–H and O–H groups in total. The van der Waals surface area contributed by atoms with Crippen LogP contribution in [0.2, 0.25) is 5.02 Å². The molecule has 0 aliphatic heterocycles. The van der Waals surface area contributed by atoms with E-state index in [2.05, 4.69) is 15.5 Å². The zero-order chi connectivity index (χ0) is 25.8. The Balaban J connectivity index is 1.39. The number of para-hydroxylation sites is 2. The number of halogens is 1. The van der Waals surface area contributed by atoms with E-state index in [-0.39, 0.29) is 0 Å². The summed E-state index contributed by atoms with van der Waals surface area (Å²) in [7, 11) is 0. The van der Waals surface area contributed by atoms with Crippen molar-refractivity contribution in [3.05, 3.63) is 124 Å². The van der Waals surface area contributed by atoms with Gasteiger partial charge in [0.05, 0.1) is 11.8 Å². The van der Waals surface area contributed by atoms with E-state index in [1.807, 2.05) is 61.5 Å². The van der Waals surface area contributed by atoms with Crippen molar-refractivity contribution in [3.8, 4) is 16.9 Å². The molecular weight excluding hydrogens is 486 g/mol. The van der Waals surface area contributed by atoms with E-state index in [1.54, 1.807) is 42.5 Å². The number of nitrogens with one attached hydrogen (secondary N) is 2. The summed E-state index contributed by atoms with van der Waals surface area (Å²) < 4.78 is 5.58. The monoisotopic (exact) mass is 507 g/mol. The zero-order valence-corrected chi connectivity index (χ0v) is 20.6. The van der Waals surface area contributed by atoms with Gasteiger partial charge in [0.2, 0.25) is 0 Å². The summed E-state index contributed by atoms with van der Waals surface area (Å²) in [4.78, 5) is 29.0. The van der Waals surface area contributed by atoms with Crippen molar-refractivity contribution < 1.29 is 14.3 Å². The second kappa shape index (κ2) is 10.5. The fourth-order valence-electron chi connectivity index (χ4n) is 4.00.